The van der Waals surface area contributed by atoms with Gasteiger partial charge in [-0.05, 0) is 37.0 Å². The molecular weight excluding hydrogens is 430 g/mol. The topological polar surface area (TPSA) is 71.1 Å². The highest BCUT2D eigenvalue weighted by atomic mass is 16.5. The molecule has 2 aromatic carbocycles. The van der Waals surface area contributed by atoms with Gasteiger partial charge < -0.3 is 19.7 Å². The van der Waals surface area contributed by atoms with Crippen LogP contribution >= 0.6 is 0 Å². The van der Waals surface area contributed by atoms with E-state index in [1.807, 2.05) is 36.4 Å². The molecule has 1 N–H and O–H groups in total. The fraction of sp³-hybridized carbons (Fsp3) is 0.481. The smallest absolute Gasteiger partial charge is 0.258 e. The lowest BCUT2D eigenvalue weighted by Crippen LogP contribution is -2.61. The van der Waals surface area contributed by atoms with Gasteiger partial charge in [0.25, 0.3) is 5.91 Å². The van der Waals surface area contributed by atoms with Gasteiger partial charge in [0.1, 0.15) is 11.8 Å². The molecule has 7 heteroatoms. The van der Waals surface area contributed by atoms with Gasteiger partial charge in [-0.2, -0.15) is 0 Å². The van der Waals surface area contributed by atoms with Crippen molar-refractivity contribution >= 4 is 11.8 Å². The largest absolute Gasteiger partial charge is 0.493 e. The summed E-state index contributed by atoms with van der Waals surface area (Å²) in [6.45, 7) is 3.41. The number of benzene rings is 2. The van der Waals surface area contributed by atoms with Crippen LogP contribution in [-0.4, -0.2) is 72.6 Å². The average molecular weight is 464 g/mol. The van der Waals surface area contributed by atoms with E-state index in [-0.39, 0.29) is 24.0 Å². The number of carbonyl (C=O) groups excluding carboxylic acids is 2. The van der Waals surface area contributed by atoms with Crippen molar-refractivity contribution in [1.82, 2.24) is 15.1 Å². The number of carbonyl (C=O) groups is 2. The Morgan fingerprint density at radius 1 is 0.912 bits per heavy atom. The number of nitrogens with zero attached hydrogens (tertiary/aromatic N) is 2. The molecule has 2 bridgehead atoms. The number of rotatable bonds is 2. The van der Waals surface area contributed by atoms with Gasteiger partial charge in [-0.25, -0.2) is 0 Å². The van der Waals surface area contributed by atoms with E-state index in [1.165, 1.54) is 5.56 Å². The summed E-state index contributed by atoms with van der Waals surface area (Å²) in [7, 11) is 0. The highest BCUT2D eigenvalue weighted by Crippen LogP contribution is 2.26. The second-order valence-electron chi connectivity index (χ2n) is 9.42. The van der Waals surface area contributed by atoms with Crippen LogP contribution in [0.3, 0.4) is 0 Å². The van der Waals surface area contributed by atoms with E-state index in [4.69, 9.17) is 9.47 Å². The third-order valence-corrected chi connectivity index (χ3v) is 7.03. The fourth-order valence-corrected chi connectivity index (χ4v) is 5.19. The molecule has 0 spiro atoms. The van der Waals surface area contributed by atoms with E-state index >= 15 is 0 Å². The van der Waals surface area contributed by atoms with Gasteiger partial charge >= 0.3 is 0 Å². The molecule has 7 nitrogen and oxygen atoms in total. The molecule has 2 fully saturated rings. The summed E-state index contributed by atoms with van der Waals surface area (Å²) in [5, 5.41) is 3.10. The Kier molecular flexibility index (Phi) is 7.11. The van der Waals surface area contributed by atoms with Crippen molar-refractivity contribution in [3.05, 3.63) is 65.7 Å². The van der Waals surface area contributed by atoms with Gasteiger partial charge in [0.15, 0.2) is 0 Å². The number of piperazine rings is 1. The van der Waals surface area contributed by atoms with Crippen LogP contribution in [-0.2, 0) is 16.1 Å². The highest BCUT2D eigenvalue weighted by molar-refractivity contribution is 6.00. The molecule has 3 aliphatic heterocycles. The van der Waals surface area contributed by atoms with Crippen molar-refractivity contribution in [2.75, 3.05) is 32.8 Å². The summed E-state index contributed by atoms with van der Waals surface area (Å²) in [5.74, 6) is 0.304. The Labute approximate surface area is 201 Å². The van der Waals surface area contributed by atoms with Crippen LogP contribution in [0.1, 0.15) is 41.6 Å². The predicted molar refractivity (Wildman–Crippen MR) is 129 cm³/mol. The van der Waals surface area contributed by atoms with Gasteiger partial charge in [0, 0.05) is 39.1 Å². The number of para-hydroxylation sites is 1. The minimum absolute atomic E-state index is 0.00564. The maximum atomic E-state index is 13.7. The number of ether oxygens (including phenoxy) is 2. The van der Waals surface area contributed by atoms with E-state index < -0.39 is 6.04 Å². The second-order valence-corrected chi connectivity index (χ2v) is 9.42. The summed E-state index contributed by atoms with van der Waals surface area (Å²) in [6.07, 6.45) is 3.92. The van der Waals surface area contributed by atoms with Crippen LogP contribution in [0.2, 0.25) is 0 Å². The molecule has 2 amide bonds. The van der Waals surface area contributed by atoms with Crippen molar-refractivity contribution in [2.45, 2.75) is 50.5 Å². The predicted octanol–water partition coefficient (Wildman–Crippen LogP) is 2.85. The van der Waals surface area contributed by atoms with Gasteiger partial charge in [-0.3, -0.25) is 14.5 Å². The first-order valence-electron chi connectivity index (χ1n) is 12.4. The third kappa shape index (κ3) is 5.26. The molecule has 2 aromatic rings. The van der Waals surface area contributed by atoms with Crippen molar-refractivity contribution < 1.29 is 19.1 Å². The molecule has 0 aliphatic carbocycles. The fourth-order valence-electron chi connectivity index (χ4n) is 5.19. The van der Waals surface area contributed by atoms with Crippen LogP contribution in [0.25, 0.3) is 0 Å². The molecule has 5 rings (SSSR count). The van der Waals surface area contributed by atoms with E-state index in [9.17, 15) is 9.59 Å². The number of nitrogens with one attached hydrogen (secondary N) is 1. The minimum atomic E-state index is -0.569. The van der Waals surface area contributed by atoms with Crippen LogP contribution in [0.4, 0.5) is 0 Å². The summed E-state index contributed by atoms with van der Waals surface area (Å²) in [6, 6.07) is 17.0. The number of hydrogen-bond donors (Lipinski definition) is 1. The van der Waals surface area contributed by atoms with Crippen LogP contribution in [0.5, 0.6) is 5.75 Å². The number of hydrogen-bond acceptors (Lipinski definition) is 5. The Morgan fingerprint density at radius 2 is 1.71 bits per heavy atom. The minimum Gasteiger partial charge on any atom is -0.493 e. The lowest BCUT2D eigenvalue weighted by atomic mass is 10.0. The molecule has 2 saturated heterocycles. The maximum absolute atomic E-state index is 13.7. The highest BCUT2D eigenvalue weighted by Gasteiger charge is 2.37. The molecule has 3 atom stereocenters. The van der Waals surface area contributed by atoms with Crippen LogP contribution in [0.15, 0.2) is 54.6 Å². The summed E-state index contributed by atoms with van der Waals surface area (Å²) < 4.78 is 12.3. The number of fused-ring (bicyclic) bond motifs is 4. The van der Waals surface area contributed by atoms with Crippen molar-refractivity contribution in [1.29, 1.82) is 0 Å². The van der Waals surface area contributed by atoms with Crippen molar-refractivity contribution in [3.8, 4) is 5.75 Å². The van der Waals surface area contributed by atoms with Crippen molar-refractivity contribution in [3.63, 3.8) is 0 Å². The molecule has 0 unspecified atom stereocenters. The molecule has 3 heterocycles. The summed E-state index contributed by atoms with van der Waals surface area (Å²) >= 11 is 0. The Bertz CT molecular complexity index is 998. The van der Waals surface area contributed by atoms with E-state index in [2.05, 4.69) is 22.3 Å². The lowest BCUT2D eigenvalue weighted by Gasteiger charge is -2.41. The molecule has 180 valence electrons. The average Bonchev–Trinajstić information content (AvgIpc) is 2.87. The molecule has 0 saturated carbocycles. The monoisotopic (exact) mass is 463 g/mol. The van der Waals surface area contributed by atoms with E-state index in [0.29, 0.717) is 44.1 Å². The molecule has 3 aliphatic rings. The van der Waals surface area contributed by atoms with Gasteiger partial charge in [-0.1, -0.05) is 42.5 Å². The maximum Gasteiger partial charge on any atom is 0.258 e. The SMILES string of the molecule is O=C1NC[C@@H]2CCC[C@@H](CCOc3ccccc3C(=O)N3CCN(Cc4ccccc4)C[C@@H]13)O2. The lowest BCUT2D eigenvalue weighted by molar-refractivity contribution is -0.129. The van der Waals surface area contributed by atoms with Gasteiger partial charge in [0.2, 0.25) is 5.91 Å². The standard InChI is InChI=1S/C27H33N3O4/c31-26-24-19-29(18-20-7-2-1-3-8-20)14-15-30(24)27(32)23-11-4-5-12-25(23)33-16-13-21-9-6-10-22(34-21)17-28-26/h1-5,7-8,11-12,21-22,24H,6,9-10,13-19H2,(H,28,31)/t21-,22-,24-/m0/s1. The number of amides is 2. The zero-order chi connectivity index (χ0) is 23.3. The van der Waals surface area contributed by atoms with Crippen molar-refractivity contribution in [2.24, 2.45) is 0 Å². The quantitative estimate of drug-likeness (QED) is 0.742. The first kappa shape index (κ1) is 22.9. The Morgan fingerprint density at radius 3 is 2.59 bits per heavy atom. The van der Waals surface area contributed by atoms with E-state index in [0.717, 1.165) is 32.2 Å². The van der Waals surface area contributed by atoms with E-state index in [1.54, 1.807) is 11.0 Å². The van der Waals surface area contributed by atoms with Gasteiger partial charge in [-0.15, -0.1) is 0 Å². The Balaban J connectivity index is 1.40. The zero-order valence-corrected chi connectivity index (χ0v) is 19.5. The van der Waals surface area contributed by atoms with Gasteiger partial charge in [0.05, 0.1) is 24.4 Å². The third-order valence-electron chi connectivity index (χ3n) is 7.03. The Hall–Kier alpha value is -2.90. The molecular formula is C27H33N3O4. The molecule has 0 aromatic heterocycles. The molecule has 34 heavy (non-hydrogen) atoms. The normalized spacial score (nSPS) is 26.5. The summed E-state index contributed by atoms with van der Waals surface area (Å²) in [5.41, 5.74) is 1.71. The second kappa shape index (κ2) is 10.6. The summed E-state index contributed by atoms with van der Waals surface area (Å²) in [4.78, 5) is 31.1. The zero-order valence-electron chi connectivity index (χ0n) is 19.5. The first-order chi connectivity index (χ1) is 16.7. The molecule has 0 radical (unpaired) electrons. The van der Waals surface area contributed by atoms with Crippen LogP contribution in [0, 0.1) is 0 Å². The first-order valence-corrected chi connectivity index (χ1v) is 12.4. The van der Waals surface area contributed by atoms with Crippen LogP contribution < -0.4 is 10.1 Å².